The van der Waals surface area contributed by atoms with E-state index in [0.29, 0.717) is 22.6 Å². The van der Waals surface area contributed by atoms with Gasteiger partial charge in [-0.15, -0.1) is 0 Å². The van der Waals surface area contributed by atoms with Crippen LogP contribution in [0.4, 0.5) is 0 Å². The number of nitrogens with zero attached hydrogens (tertiary/aromatic N) is 1. The number of hydrogen-bond donors (Lipinski definition) is 1. The molecule has 1 N–H and O–H groups in total. The first-order valence-corrected chi connectivity index (χ1v) is 6.25. The van der Waals surface area contributed by atoms with Crippen molar-refractivity contribution in [1.82, 2.24) is 0 Å². The lowest BCUT2D eigenvalue weighted by Gasteiger charge is -2.10. The predicted octanol–water partition coefficient (Wildman–Crippen LogP) is 2.30. The molecule has 106 valence electrons. The molecule has 0 aliphatic carbocycles. The highest BCUT2D eigenvalue weighted by Crippen LogP contribution is 2.25. The van der Waals surface area contributed by atoms with Crippen LogP contribution < -0.4 is 9.47 Å². The summed E-state index contributed by atoms with van der Waals surface area (Å²) in [5.41, 5.74) is 0.886. The molecule has 5 nitrogen and oxygen atoms in total. The Balaban J connectivity index is 2.14. The molecule has 2 aromatic rings. The van der Waals surface area contributed by atoms with Gasteiger partial charge in [-0.2, -0.15) is 5.26 Å². The van der Waals surface area contributed by atoms with Crippen molar-refractivity contribution in [3.8, 4) is 17.6 Å². The molecule has 0 saturated heterocycles. The van der Waals surface area contributed by atoms with Crippen LogP contribution in [0.15, 0.2) is 48.5 Å². The molecule has 0 amide bonds. The number of aliphatic hydroxyl groups excluding tert-OH is 1. The maximum Gasteiger partial charge on any atom is 0.343 e. The zero-order valence-corrected chi connectivity index (χ0v) is 11.2. The molecule has 0 fully saturated rings. The standard InChI is InChI=1S/C16H13NO4/c17-8-9-20-15-7-6-14(10-13(15)11-18)21-16(19)12-4-2-1-3-5-12/h1-7,10,18H,9,11H2. The van der Waals surface area contributed by atoms with Gasteiger partial charge in [0.15, 0.2) is 6.61 Å². The number of ether oxygens (including phenoxy) is 2. The van der Waals surface area contributed by atoms with E-state index in [1.165, 1.54) is 6.07 Å². The van der Waals surface area contributed by atoms with E-state index in [9.17, 15) is 9.90 Å². The van der Waals surface area contributed by atoms with Gasteiger partial charge in [-0.3, -0.25) is 0 Å². The average molecular weight is 283 g/mol. The first kappa shape index (κ1) is 14.6. The number of hydrogen-bond acceptors (Lipinski definition) is 5. The summed E-state index contributed by atoms with van der Waals surface area (Å²) in [6.07, 6.45) is 0. The maximum absolute atomic E-state index is 11.9. The number of carbonyl (C=O) groups excluding carboxylic acids is 1. The normalized spacial score (nSPS) is 9.71. The summed E-state index contributed by atoms with van der Waals surface area (Å²) in [7, 11) is 0. The molecular weight excluding hydrogens is 270 g/mol. The largest absolute Gasteiger partial charge is 0.478 e. The maximum atomic E-state index is 11.9. The molecule has 5 heteroatoms. The Hall–Kier alpha value is -2.84. The van der Waals surface area contributed by atoms with Crippen molar-refractivity contribution in [2.75, 3.05) is 6.61 Å². The van der Waals surface area contributed by atoms with Crippen LogP contribution in [-0.4, -0.2) is 17.7 Å². The number of nitriles is 1. The van der Waals surface area contributed by atoms with Gasteiger partial charge in [-0.25, -0.2) is 4.79 Å². The van der Waals surface area contributed by atoms with Crippen molar-refractivity contribution in [2.24, 2.45) is 0 Å². The SMILES string of the molecule is N#CCOc1ccc(OC(=O)c2ccccc2)cc1CO. The molecular formula is C16H13NO4. The highest BCUT2D eigenvalue weighted by atomic mass is 16.5. The quantitative estimate of drug-likeness (QED) is 0.672. The average Bonchev–Trinajstić information content (AvgIpc) is 2.54. The summed E-state index contributed by atoms with van der Waals surface area (Å²) < 4.78 is 10.4. The van der Waals surface area contributed by atoms with Gasteiger partial charge in [0.2, 0.25) is 0 Å². The van der Waals surface area contributed by atoms with E-state index in [2.05, 4.69) is 0 Å². The lowest BCUT2D eigenvalue weighted by molar-refractivity contribution is 0.0734. The minimum atomic E-state index is -0.481. The Morgan fingerprint density at radius 3 is 2.62 bits per heavy atom. The third-order valence-corrected chi connectivity index (χ3v) is 2.71. The van der Waals surface area contributed by atoms with Gasteiger partial charge in [0.25, 0.3) is 0 Å². The number of rotatable bonds is 5. The molecule has 2 aromatic carbocycles. The molecule has 0 aliphatic rings. The van der Waals surface area contributed by atoms with E-state index < -0.39 is 5.97 Å². The van der Waals surface area contributed by atoms with Gasteiger partial charge in [0.1, 0.15) is 17.6 Å². The third-order valence-electron chi connectivity index (χ3n) is 2.71. The Labute approximate surface area is 122 Å². The first-order valence-electron chi connectivity index (χ1n) is 6.25. The monoisotopic (exact) mass is 283 g/mol. The first-order chi connectivity index (χ1) is 10.2. The fourth-order valence-corrected chi connectivity index (χ4v) is 1.73. The Kier molecular flexibility index (Phi) is 4.91. The van der Waals surface area contributed by atoms with E-state index in [1.807, 2.05) is 12.1 Å². The van der Waals surface area contributed by atoms with Gasteiger partial charge in [0, 0.05) is 5.56 Å². The van der Waals surface area contributed by atoms with Gasteiger partial charge in [-0.1, -0.05) is 18.2 Å². The predicted molar refractivity (Wildman–Crippen MR) is 74.9 cm³/mol. The Bertz CT molecular complexity index is 662. The molecule has 0 aromatic heterocycles. The minimum Gasteiger partial charge on any atom is -0.478 e. The summed E-state index contributed by atoms with van der Waals surface area (Å²) in [6.45, 7) is -0.395. The van der Waals surface area contributed by atoms with Crippen LogP contribution in [0.5, 0.6) is 11.5 Å². The number of aliphatic hydroxyl groups is 1. The fraction of sp³-hybridized carbons (Fsp3) is 0.125. The molecule has 2 rings (SSSR count). The third kappa shape index (κ3) is 3.81. The zero-order chi connectivity index (χ0) is 15.1. The van der Waals surface area contributed by atoms with E-state index in [0.717, 1.165) is 0 Å². The fourth-order valence-electron chi connectivity index (χ4n) is 1.73. The van der Waals surface area contributed by atoms with Crippen LogP contribution in [0.25, 0.3) is 0 Å². The molecule has 0 heterocycles. The zero-order valence-electron chi connectivity index (χ0n) is 11.2. The van der Waals surface area contributed by atoms with Crippen molar-refractivity contribution in [1.29, 1.82) is 5.26 Å². The summed E-state index contributed by atoms with van der Waals surface area (Å²) >= 11 is 0. The molecule has 0 radical (unpaired) electrons. The van der Waals surface area contributed by atoms with E-state index in [4.69, 9.17) is 14.7 Å². The van der Waals surface area contributed by atoms with Crippen molar-refractivity contribution in [2.45, 2.75) is 6.61 Å². The summed E-state index contributed by atoms with van der Waals surface area (Å²) in [5.74, 6) is 0.209. The van der Waals surface area contributed by atoms with Crippen molar-refractivity contribution < 1.29 is 19.4 Å². The van der Waals surface area contributed by atoms with Crippen LogP contribution in [0.3, 0.4) is 0 Å². The second-order valence-corrected chi connectivity index (χ2v) is 4.13. The van der Waals surface area contributed by atoms with Crippen molar-refractivity contribution >= 4 is 5.97 Å². The number of benzene rings is 2. The van der Waals surface area contributed by atoms with Crippen LogP contribution in [0.2, 0.25) is 0 Å². The van der Waals surface area contributed by atoms with Gasteiger partial charge in [0.05, 0.1) is 12.2 Å². The van der Waals surface area contributed by atoms with E-state index >= 15 is 0 Å². The molecule has 0 saturated carbocycles. The number of esters is 1. The van der Waals surface area contributed by atoms with Crippen LogP contribution in [-0.2, 0) is 6.61 Å². The van der Waals surface area contributed by atoms with Crippen LogP contribution in [0.1, 0.15) is 15.9 Å². The van der Waals surface area contributed by atoms with Crippen LogP contribution >= 0.6 is 0 Å². The topological polar surface area (TPSA) is 79.5 Å². The lowest BCUT2D eigenvalue weighted by atomic mass is 10.2. The highest BCUT2D eigenvalue weighted by Gasteiger charge is 2.10. The number of carbonyl (C=O) groups is 1. The summed E-state index contributed by atoms with van der Waals surface area (Å²) in [4.78, 5) is 11.9. The lowest BCUT2D eigenvalue weighted by Crippen LogP contribution is -2.08. The van der Waals surface area contributed by atoms with Gasteiger partial charge < -0.3 is 14.6 Å². The summed E-state index contributed by atoms with van der Waals surface area (Å²) in [5, 5.41) is 17.8. The molecule has 0 atom stereocenters. The highest BCUT2D eigenvalue weighted by molar-refractivity contribution is 5.91. The molecule has 21 heavy (non-hydrogen) atoms. The second-order valence-electron chi connectivity index (χ2n) is 4.13. The van der Waals surface area contributed by atoms with E-state index in [-0.39, 0.29) is 13.2 Å². The van der Waals surface area contributed by atoms with Crippen molar-refractivity contribution in [3.05, 3.63) is 59.7 Å². The van der Waals surface area contributed by atoms with Gasteiger partial charge >= 0.3 is 5.97 Å². The smallest absolute Gasteiger partial charge is 0.343 e. The Morgan fingerprint density at radius 1 is 1.19 bits per heavy atom. The molecule has 0 aliphatic heterocycles. The minimum absolute atomic E-state index is 0.115. The second kappa shape index (κ2) is 7.08. The van der Waals surface area contributed by atoms with E-state index in [1.54, 1.807) is 36.4 Å². The Morgan fingerprint density at radius 2 is 1.95 bits per heavy atom. The molecule has 0 spiro atoms. The molecule has 0 unspecified atom stereocenters. The van der Waals surface area contributed by atoms with Crippen LogP contribution in [0, 0.1) is 11.3 Å². The van der Waals surface area contributed by atoms with Crippen molar-refractivity contribution in [3.63, 3.8) is 0 Å². The molecule has 0 bridgehead atoms. The van der Waals surface area contributed by atoms with Gasteiger partial charge in [-0.05, 0) is 30.3 Å². The summed E-state index contributed by atoms with van der Waals surface area (Å²) in [6, 6.07) is 15.1.